The predicted octanol–water partition coefficient (Wildman–Crippen LogP) is 2.41. The molecule has 2 aliphatic heterocycles. The number of para-hydroxylation sites is 1. The van der Waals surface area contributed by atoms with Crippen LogP contribution in [0.5, 0.6) is 0 Å². The van der Waals surface area contributed by atoms with Crippen LogP contribution in [0.4, 0.5) is 5.69 Å². The van der Waals surface area contributed by atoms with Crippen molar-refractivity contribution in [3.05, 3.63) is 30.3 Å². The van der Waals surface area contributed by atoms with Crippen molar-refractivity contribution in [3.8, 4) is 0 Å². The maximum absolute atomic E-state index is 12.3. The van der Waals surface area contributed by atoms with E-state index in [1.807, 2.05) is 42.3 Å². The maximum atomic E-state index is 12.3. The summed E-state index contributed by atoms with van der Waals surface area (Å²) in [5, 5.41) is 3.92. The fraction of sp³-hybridized carbons (Fsp3) is 0.533. The Morgan fingerprint density at radius 2 is 2.16 bits per heavy atom. The number of nitrogens with zero attached hydrogens (tertiary/aromatic N) is 2. The van der Waals surface area contributed by atoms with Gasteiger partial charge >= 0.3 is 0 Å². The number of fused-ring (bicyclic) bond motifs is 1. The molecule has 4 nitrogen and oxygen atoms in total. The van der Waals surface area contributed by atoms with E-state index >= 15 is 0 Å². The topological polar surface area (TPSA) is 32.8 Å². The molecule has 2 aliphatic rings. The van der Waals surface area contributed by atoms with Gasteiger partial charge in [-0.3, -0.25) is 9.80 Å². The lowest BCUT2D eigenvalue weighted by Gasteiger charge is -2.34. The molecule has 2 fully saturated rings. The van der Waals surface area contributed by atoms with Crippen LogP contribution in [0, 0.1) is 5.92 Å². The van der Waals surface area contributed by atoms with Crippen LogP contribution in [0.3, 0.4) is 0 Å². The van der Waals surface area contributed by atoms with Crippen molar-refractivity contribution >= 4 is 11.6 Å². The van der Waals surface area contributed by atoms with Crippen LogP contribution in [-0.2, 0) is 9.53 Å². The quantitative estimate of drug-likeness (QED) is 0.818. The second-order valence-corrected chi connectivity index (χ2v) is 5.17. The van der Waals surface area contributed by atoms with Gasteiger partial charge in [-0.05, 0) is 25.0 Å². The standard InChI is InChI=1S/C15H20N2O2/c1-2-14(18)17-15-12(7-6-10-19-15)11-16(17)13-8-4-3-5-9-13/h3-5,8-9,12,15H,2,6-7,10-11H2,1H3/t12-,15-/m0/s1. The largest absolute Gasteiger partial charge is 0.356 e. The second-order valence-electron chi connectivity index (χ2n) is 5.17. The Bertz CT molecular complexity index is 449. The first-order chi connectivity index (χ1) is 9.31. The number of carbonyl (C=O) groups excluding carboxylic acids is 1. The SMILES string of the molecule is CCC(=O)N1[C@H]2OCCC[C@H]2CN1c1ccccc1. The van der Waals surface area contributed by atoms with E-state index in [9.17, 15) is 4.79 Å². The summed E-state index contributed by atoms with van der Waals surface area (Å²) in [5.74, 6) is 0.572. The smallest absolute Gasteiger partial charge is 0.243 e. The van der Waals surface area contributed by atoms with Gasteiger partial charge in [0.15, 0.2) is 6.23 Å². The molecule has 2 saturated heterocycles. The Hall–Kier alpha value is -1.55. The van der Waals surface area contributed by atoms with Crippen molar-refractivity contribution in [2.75, 3.05) is 18.2 Å². The summed E-state index contributed by atoms with van der Waals surface area (Å²) in [5.41, 5.74) is 1.07. The highest BCUT2D eigenvalue weighted by Gasteiger charge is 2.44. The van der Waals surface area contributed by atoms with E-state index < -0.39 is 0 Å². The molecule has 0 saturated carbocycles. The third-order valence-electron chi connectivity index (χ3n) is 3.93. The highest BCUT2D eigenvalue weighted by Crippen LogP contribution is 2.35. The molecule has 4 heteroatoms. The molecule has 0 radical (unpaired) electrons. The minimum Gasteiger partial charge on any atom is -0.356 e. The zero-order valence-corrected chi connectivity index (χ0v) is 11.3. The van der Waals surface area contributed by atoms with Gasteiger partial charge in [0, 0.05) is 25.5 Å². The molecule has 2 heterocycles. The van der Waals surface area contributed by atoms with Crippen LogP contribution >= 0.6 is 0 Å². The molecule has 1 aromatic carbocycles. The summed E-state index contributed by atoms with van der Waals surface area (Å²) in [7, 11) is 0. The molecule has 0 N–H and O–H groups in total. The highest BCUT2D eigenvalue weighted by atomic mass is 16.5. The van der Waals surface area contributed by atoms with Gasteiger partial charge < -0.3 is 4.74 Å². The molecule has 3 rings (SSSR count). The Balaban J connectivity index is 1.91. The predicted molar refractivity (Wildman–Crippen MR) is 73.4 cm³/mol. The van der Waals surface area contributed by atoms with E-state index in [0.717, 1.165) is 31.7 Å². The van der Waals surface area contributed by atoms with Crippen molar-refractivity contribution in [1.29, 1.82) is 0 Å². The maximum Gasteiger partial charge on any atom is 0.243 e. The third-order valence-corrected chi connectivity index (χ3v) is 3.93. The van der Waals surface area contributed by atoms with Crippen LogP contribution < -0.4 is 5.01 Å². The number of anilines is 1. The van der Waals surface area contributed by atoms with Gasteiger partial charge in [-0.2, -0.15) is 0 Å². The Kier molecular flexibility index (Phi) is 3.42. The first kappa shape index (κ1) is 12.5. The summed E-state index contributed by atoms with van der Waals surface area (Å²) in [6.45, 7) is 3.54. The number of hydrogen-bond acceptors (Lipinski definition) is 3. The van der Waals surface area contributed by atoms with Crippen LogP contribution in [0.25, 0.3) is 0 Å². The number of benzene rings is 1. The number of amides is 1. The van der Waals surface area contributed by atoms with Crippen molar-refractivity contribution in [1.82, 2.24) is 5.01 Å². The molecule has 19 heavy (non-hydrogen) atoms. The first-order valence-corrected chi connectivity index (χ1v) is 7.07. The normalized spacial score (nSPS) is 26.4. The molecule has 0 aromatic heterocycles. The Morgan fingerprint density at radius 3 is 2.89 bits per heavy atom. The van der Waals surface area contributed by atoms with Gasteiger partial charge in [0.25, 0.3) is 0 Å². The average Bonchev–Trinajstić information content (AvgIpc) is 2.87. The molecule has 0 aliphatic carbocycles. The van der Waals surface area contributed by atoms with Crippen molar-refractivity contribution < 1.29 is 9.53 Å². The number of carbonyl (C=O) groups is 1. The average molecular weight is 260 g/mol. The van der Waals surface area contributed by atoms with E-state index in [4.69, 9.17) is 4.74 Å². The summed E-state index contributed by atoms with van der Waals surface area (Å²) in [6.07, 6.45) is 2.68. The lowest BCUT2D eigenvalue weighted by molar-refractivity contribution is -0.149. The number of rotatable bonds is 2. The third kappa shape index (κ3) is 2.21. The van der Waals surface area contributed by atoms with Gasteiger partial charge in [0.2, 0.25) is 5.91 Å². The molecular formula is C15H20N2O2. The van der Waals surface area contributed by atoms with Gasteiger partial charge in [-0.1, -0.05) is 25.1 Å². The van der Waals surface area contributed by atoms with Gasteiger partial charge in [0.1, 0.15) is 0 Å². The molecule has 0 spiro atoms. The van der Waals surface area contributed by atoms with E-state index in [-0.39, 0.29) is 12.1 Å². The lowest BCUT2D eigenvalue weighted by atomic mass is 10.0. The monoisotopic (exact) mass is 260 g/mol. The zero-order valence-electron chi connectivity index (χ0n) is 11.3. The fourth-order valence-corrected chi connectivity index (χ4v) is 3.00. The zero-order chi connectivity index (χ0) is 13.2. The molecule has 0 bridgehead atoms. The minimum atomic E-state index is -0.0681. The van der Waals surface area contributed by atoms with Crippen molar-refractivity contribution in [3.63, 3.8) is 0 Å². The first-order valence-electron chi connectivity index (χ1n) is 7.07. The Labute approximate surface area is 113 Å². The number of hydrazine groups is 1. The van der Waals surface area contributed by atoms with Crippen LogP contribution in [0.1, 0.15) is 26.2 Å². The summed E-state index contributed by atoms with van der Waals surface area (Å²) < 4.78 is 5.85. The van der Waals surface area contributed by atoms with E-state index in [2.05, 4.69) is 5.01 Å². The van der Waals surface area contributed by atoms with Gasteiger partial charge in [-0.25, -0.2) is 5.01 Å². The van der Waals surface area contributed by atoms with Crippen molar-refractivity contribution in [2.45, 2.75) is 32.4 Å². The van der Waals surface area contributed by atoms with Gasteiger partial charge in [0.05, 0.1) is 5.69 Å². The summed E-state index contributed by atoms with van der Waals surface area (Å²) in [4.78, 5) is 12.3. The summed E-state index contributed by atoms with van der Waals surface area (Å²) >= 11 is 0. The van der Waals surface area contributed by atoms with Crippen molar-refractivity contribution in [2.24, 2.45) is 5.92 Å². The van der Waals surface area contributed by atoms with Crippen LogP contribution in [0.15, 0.2) is 30.3 Å². The van der Waals surface area contributed by atoms with Crippen LogP contribution in [0.2, 0.25) is 0 Å². The fourth-order valence-electron chi connectivity index (χ4n) is 3.00. The molecular weight excluding hydrogens is 240 g/mol. The summed E-state index contributed by atoms with van der Waals surface area (Å²) in [6, 6.07) is 10.1. The number of ether oxygens (including phenoxy) is 1. The minimum absolute atomic E-state index is 0.0681. The molecule has 1 amide bonds. The van der Waals surface area contributed by atoms with Crippen LogP contribution in [-0.4, -0.2) is 30.3 Å². The molecule has 2 atom stereocenters. The van der Waals surface area contributed by atoms with E-state index in [1.54, 1.807) is 0 Å². The molecule has 0 unspecified atom stereocenters. The number of hydrogen-bond donors (Lipinski definition) is 0. The van der Waals surface area contributed by atoms with E-state index in [1.165, 1.54) is 0 Å². The second kappa shape index (κ2) is 5.21. The van der Waals surface area contributed by atoms with Gasteiger partial charge in [-0.15, -0.1) is 0 Å². The van der Waals surface area contributed by atoms with E-state index in [0.29, 0.717) is 12.3 Å². The highest BCUT2D eigenvalue weighted by molar-refractivity contribution is 5.78. The Morgan fingerprint density at radius 1 is 1.37 bits per heavy atom. The lowest BCUT2D eigenvalue weighted by Crippen LogP contribution is -2.47. The molecule has 102 valence electrons. The molecule has 1 aromatic rings.